The number of carbonyl (C=O) groups excluding carboxylic acids is 1. The fourth-order valence-electron chi connectivity index (χ4n) is 3.42. The van der Waals surface area contributed by atoms with E-state index in [9.17, 15) is 13.2 Å². The maximum atomic E-state index is 13.0. The first-order valence-corrected chi connectivity index (χ1v) is 11.8. The van der Waals surface area contributed by atoms with Crippen molar-refractivity contribution in [2.45, 2.75) is 30.8 Å². The molecule has 0 bridgehead atoms. The zero-order valence-corrected chi connectivity index (χ0v) is 18.3. The lowest BCUT2D eigenvalue weighted by molar-refractivity contribution is 0.101. The number of Topliss-reactive ketones (excluding diaryl/α,β-unsaturated/α-hetero) is 1. The molecule has 0 amide bonds. The summed E-state index contributed by atoms with van der Waals surface area (Å²) >= 11 is 1.45. The second kappa shape index (κ2) is 8.33. The zero-order valence-electron chi connectivity index (χ0n) is 16.7. The molecule has 30 heavy (non-hydrogen) atoms. The van der Waals surface area contributed by atoms with Crippen LogP contribution in [0.5, 0.6) is 10.9 Å². The molecule has 9 heteroatoms. The molecule has 0 aliphatic carbocycles. The number of hydrogen-bond donors (Lipinski definition) is 0. The monoisotopic (exact) mass is 446 g/mol. The lowest BCUT2D eigenvalue weighted by atomic mass is 10.1. The van der Waals surface area contributed by atoms with E-state index >= 15 is 0 Å². The molecule has 1 aliphatic rings. The van der Waals surface area contributed by atoms with Crippen molar-refractivity contribution < 1.29 is 22.7 Å². The molecule has 2 aromatic carbocycles. The van der Waals surface area contributed by atoms with Gasteiger partial charge in [-0.15, -0.1) is 0 Å². The van der Waals surface area contributed by atoms with Crippen LogP contribution in [0.25, 0.3) is 10.2 Å². The van der Waals surface area contributed by atoms with Crippen molar-refractivity contribution in [2.75, 3.05) is 20.2 Å². The highest BCUT2D eigenvalue weighted by molar-refractivity contribution is 7.89. The molecule has 158 valence electrons. The Bertz CT molecular complexity index is 1180. The van der Waals surface area contributed by atoms with Crippen molar-refractivity contribution in [1.29, 1.82) is 0 Å². The summed E-state index contributed by atoms with van der Waals surface area (Å²) in [5.41, 5.74) is 1.24. The molecule has 1 saturated heterocycles. The predicted octanol–water partition coefficient (Wildman–Crippen LogP) is 3.74. The molecule has 1 fully saturated rings. The highest BCUT2D eigenvalue weighted by Crippen LogP contribution is 2.32. The van der Waals surface area contributed by atoms with E-state index in [1.165, 1.54) is 34.7 Å². The first-order chi connectivity index (χ1) is 14.4. The molecule has 1 aromatic heterocycles. The topological polar surface area (TPSA) is 85.8 Å². The van der Waals surface area contributed by atoms with Crippen LogP contribution in [0.1, 0.15) is 30.1 Å². The average molecular weight is 447 g/mol. The van der Waals surface area contributed by atoms with Crippen LogP contribution in [-0.2, 0) is 10.0 Å². The number of rotatable bonds is 6. The van der Waals surface area contributed by atoms with Gasteiger partial charge in [0, 0.05) is 18.7 Å². The summed E-state index contributed by atoms with van der Waals surface area (Å²) in [6.07, 6.45) is 1.05. The van der Waals surface area contributed by atoms with Gasteiger partial charge in [-0.2, -0.15) is 4.31 Å². The summed E-state index contributed by atoms with van der Waals surface area (Å²) in [5.74, 6) is 0.609. The van der Waals surface area contributed by atoms with Crippen LogP contribution >= 0.6 is 11.3 Å². The Labute approximate surface area is 179 Å². The first-order valence-electron chi connectivity index (χ1n) is 9.59. The van der Waals surface area contributed by atoms with E-state index in [0.29, 0.717) is 36.7 Å². The van der Waals surface area contributed by atoms with Crippen molar-refractivity contribution in [3.63, 3.8) is 0 Å². The highest BCUT2D eigenvalue weighted by atomic mass is 32.2. The smallest absolute Gasteiger partial charge is 0.274 e. The molecule has 0 N–H and O–H groups in total. The minimum absolute atomic E-state index is 0.0949. The third kappa shape index (κ3) is 4.19. The molecule has 0 unspecified atom stereocenters. The number of carbonyl (C=O) groups is 1. The minimum Gasteiger partial charge on any atom is -0.497 e. The van der Waals surface area contributed by atoms with Gasteiger partial charge in [-0.05, 0) is 50.1 Å². The number of thiazole rings is 1. The van der Waals surface area contributed by atoms with Crippen molar-refractivity contribution >= 4 is 37.4 Å². The second-order valence-electron chi connectivity index (χ2n) is 7.12. The van der Waals surface area contributed by atoms with E-state index in [2.05, 4.69) is 4.98 Å². The number of piperidine rings is 1. The Hall–Kier alpha value is -2.49. The number of ketones is 1. The number of ether oxygens (including phenoxy) is 2. The molecular formula is C21H22N2O5S2. The maximum absolute atomic E-state index is 13.0. The van der Waals surface area contributed by atoms with Gasteiger partial charge in [-0.1, -0.05) is 23.5 Å². The van der Waals surface area contributed by atoms with Crippen LogP contribution < -0.4 is 9.47 Å². The molecule has 0 saturated carbocycles. The van der Waals surface area contributed by atoms with Crippen LogP contribution in [0.4, 0.5) is 0 Å². The van der Waals surface area contributed by atoms with Gasteiger partial charge in [-0.3, -0.25) is 4.79 Å². The normalized spacial score (nSPS) is 15.9. The van der Waals surface area contributed by atoms with Gasteiger partial charge in [0.15, 0.2) is 5.78 Å². The van der Waals surface area contributed by atoms with Gasteiger partial charge in [-0.25, -0.2) is 13.4 Å². The van der Waals surface area contributed by atoms with E-state index in [4.69, 9.17) is 9.47 Å². The van der Waals surface area contributed by atoms with Crippen molar-refractivity contribution in [2.24, 2.45) is 0 Å². The summed E-state index contributed by atoms with van der Waals surface area (Å²) in [7, 11) is -2.02. The number of benzene rings is 2. The SMILES string of the molecule is COc1ccc2nc(OC3CCN(S(=O)(=O)c4cccc(C(C)=O)c4)CC3)sc2c1. The second-order valence-corrected chi connectivity index (χ2v) is 10.0. The van der Waals surface area contributed by atoms with Crippen LogP contribution in [0.2, 0.25) is 0 Å². The Morgan fingerprint density at radius 2 is 1.93 bits per heavy atom. The Kier molecular flexibility index (Phi) is 5.77. The van der Waals surface area contributed by atoms with E-state index in [-0.39, 0.29) is 16.8 Å². The Balaban J connectivity index is 1.42. The fraction of sp³-hybridized carbons (Fsp3) is 0.333. The van der Waals surface area contributed by atoms with Crippen molar-refractivity contribution in [1.82, 2.24) is 9.29 Å². The molecule has 0 spiro atoms. The zero-order chi connectivity index (χ0) is 21.3. The molecule has 3 aromatic rings. The Morgan fingerprint density at radius 1 is 1.17 bits per heavy atom. The number of nitrogens with zero attached hydrogens (tertiary/aromatic N) is 2. The molecule has 0 atom stereocenters. The maximum Gasteiger partial charge on any atom is 0.274 e. The summed E-state index contributed by atoms with van der Waals surface area (Å²) in [5, 5.41) is 0.578. The van der Waals surface area contributed by atoms with Gasteiger partial charge >= 0.3 is 0 Å². The summed E-state index contributed by atoms with van der Waals surface area (Å²) in [6, 6.07) is 11.9. The van der Waals surface area contributed by atoms with E-state index in [0.717, 1.165) is 16.0 Å². The summed E-state index contributed by atoms with van der Waals surface area (Å²) in [4.78, 5) is 16.2. The lowest BCUT2D eigenvalue weighted by Gasteiger charge is -2.30. The molecule has 2 heterocycles. The molecule has 0 radical (unpaired) electrons. The van der Waals surface area contributed by atoms with Crippen LogP contribution in [-0.4, -0.2) is 49.8 Å². The summed E-state index contributed by atoms with van der Waals surface area (Å²) < 4.78 is 39.6. The molecule has 1 aliphatic heterocycles. The van der Waals surface area contributed by atoms with Crippen LogP contribution in [0, 0.1) is 0 Å². The van der Waals surface area contributed by atoms with Gasteiger partial charge in [0.1, 0.15) is 11.9 Å². The van der Waals surface area contributed by atoms with Crippen LogP contribution in [0.3, 0.4) is 0 Å². The van der Waals surface area contributed by atoms with Crippen LogP contribution in [0.15, 0.2) is 47.4 Å². The van der Waals surface area contributed by atoms with E-state index in [1.807, 2.05) is 18.2 Å². The van der Waals surface area contributed by atoms with Gasteiger partial charge in [0.2, 0.25) is 10.0 Å². The Morgan fingerprint density at radius 3 is 2.63 bits per heavy atom. The number of hydrogen-bond acceptors (Lipinski definition) is 7. The predicted molar refractivity (Wildman–Crippen MR) is 115 cm³/mol. The van der Waals surface area contributed by atoms with Gasteiger partial charge < -0.3 is 9.47 Å². The standard InChI is InChI=1S/C21H22N2O5S2/c1-14(24)15-4-3-5-18(12-15)30(25,26)23-10-8-16(9-11-23)28-21-22-19-7-6-17(27-2)13-20(19)29-21/h3-7,12-13,16H,8-11H2,1-2H3. The highest BCUT2D eigenvalue weighted by Gasteiger charge is 2.31. The molecular weight excluding hydrogens is 424 g/mol. The van der Waals surface area contributed by atoms with Crippen molar-refractivity contribution in [3.05, 3.63) is 48.0 Å². The van der Waals surface area contributed by atoms with E-state index < -0.39 is 10.0 Å². The number of aromatic nitrogens is 1. The molecule has 7 nitrogen and oxygen atoms in total. The van der Waals surface area contributed by atoms with Gasteiger partial charge in [0.05, 0.1) is 22.2 Å². The minimum atomic E-state index is -3.64. The third-order valence-electron chi connectivity index (χ3n) is 5.12. The third-order valence-corrected chi connectivity index (χ3v) is 7.93. The number of fused-ring (bicyclic) bond motifs is 1. The van der Waals surface area contributed by atoms with E-state index in [1.54, 1.807) is 19.2 Å². The number of sulfonamides is 1. The average Bonchev–Trinajstić information content (AvgIpc) is 3.15. The van der Waals surface area contributed by atoms with Gasteiger partial charge in [0.25, 0.3) is 5.19 Å². The lowest BCUT2D eigenvalue weighted by Crippen LogP contribution is -2.41. The quantitative estimate of drug-likeness (QED) is 0.536. The molecule has 4 rings (SSSR count). The first kappa shape index (κ1) is 20.8. The fourth-order valence-corrected chi connectivity index (χ4v) is 5.84. The summed E-state index contributed by atoms with van der Waals surface area (Å²) in [6.45, 7) is 2.14. The largest absolute Gasteiger partial charge is 0.497 e. The number of methoxy groups -OCH3 is 1. The van der Waals surface area contributed by atoms with Crippen molar-refractivity contribution in [3.8, 4) is 10.9 Å².